The van der Waals surface area contributed by atoms with Crippen LogP contribution in [0.15, 0.2) is 17.5 Å². The molecule has 0 unspecified atom stereocenters. The molecule has 2 aromatic rings. The normalized spacial score (nSPS) is 13.9. The summed E-state index contributed by atoms with van der Waals surface area (Å²) in [5.41, 5.74) is 0.458. The lowest BCUT2D eigenvalue weighted by Gasteiger charge is -2.12. The van der Waals surface area contributed by atoms with Crippen molar-refractivity contribution < 1.29 is 14.1 Å². The van der Waals surface area contributed by atoms with Crippen molar-refractivity contribution in [3.8, 4) is 5.75 Å². The fourth-order valence-corrected chi connectivity index (χ4v) is 3.72. The zero-order valence-electron chi connectivity index (χ0n) is 13.8. The number of thiazole rings is 1. The van der Waals surface area contributed by atoms with Gasteiger partial charge in [0.2, 0.25) is 5.82 Å². The van der Waals surface area contributed by atoms with Crippen molar-refractivity contribution >= 4 is 27.8 Å². The van der Waals surface area contributed by atoms with Crippen LogP contribution in [0, 0.1) is 15.9 Å². The summed E-state index contributed by atoms with van der Waals surface area (Å²) in [6, 6.07) is 2.43. The van der Waals surface area contributed by atoms with Gasteiger partial charge >= 0.3 is 5.69 Å². The van der Waals surface area contributed by atoms with E-state index in [9.17, 15) is 14.5 Å². The molecule has 1 aliphatic rings. The minimum absolute atomic E-state index is 0.108. The fraction of sp³-hybridized carbons (Fsp3) is 0.438. The average molecular weight is 366 g/mol. The second kappa shape index (κ2) is 7.64. The molecule has 7 nitrogen and oxygen atoms in total. The molecule has 1 aromatic carbocycles. The molecule has 0 saturated carbocycles. The Balaban J connectivity index is 1.65. The third-order valence-electron chi connectivity index (χ3n) is 4.07. The number of nitro groups is 1. The molecule has 1 saturated heterocycles. The van der Waals surface area contributed by atoms with E-state index in [1.165, 1.54) is 26.0 Å². The molecule has 1 aliphatic heterocycles. The molecule has 0 atom stereocenters. The first kappa shape index (κ1) is 17.4. The second-order valence-electron chi connectivity index (χ2n) is 5.75. The van der Waals surface area contributed by atoms with Gasteiger partial charge in [0.25, 0.3) is 0 Å². The van der Waals surface area contributed by atoms with Crippen molar-refractivity contribution in [3.63, 3.8) is 0 Å². The van der Waals surface area contributed by atoms with E-state index >= 15 is 0 Å². The number of hydrogen-bond acceptors (Lipinski definition) is 7. The van der Waals surface area contributed by atoms with Gasteiger partial charge in [-0.2, -0.15) is 4.39 Å². The number of anilines is 2. The van der Waals surface area contributed by atoms with Crippen LogP contribution in [0.2, 0.25) is 0 Å². The Hall–Kier alpha value is -2.42. The molecule has 0 radical (unpaired) electrons. The highest BCUT2D eigenvalue weighted by Gasteiger charge is 2.22. The Morgan fingerprint density at radius 1 is 1.44 bits per heavy atom. The van der Waals surface area contributed by atoms with Gasteiger partial charge < -0.3 is 15.0 Å². The maximum Gasteiger partial charge on any atom is 0.327 e. The van der Waals surface area contributed by atoms with Gasteiger partial charge in [0.15, 0.2) is 5.13 Å². The number of aromatic nitrogens is 1. The SMILES string of the molecule is COc1cc(F)c([N+](=O)[O-])c(NCCc2csc(N3CCCC3)n2)c1. The predicted molar refractivity (Wildman–Crippen MR) is 95.4 cm³/mol. The van der Waals surface area contributed by atoms with E-state index in [2.05, 4.69) is 15.2 Å². The summed E-state index contributed by atoms with van der Waals surface area (Å²) in [4.78, 5) is 17.2. The highest BCUT2D eigenvalue weighted by atomic mass is 32.1. The third kappa shape index (κ3) is 3.98. The Morgan fingerprint density at radius 2 is 2.20 bits per heavy atom. The number of nitrogens with zero attached hydrogens (tertiary/aromatic N) is 3. The van der Waals surface area contributed by atoms with Gasteiger partial charge in [-0.25, -0.2) is 4.98 Å². The van der Waals surface area contributed by atoms with E-state index in [0.717, 1.165) is 30.0 Å². The van der Waals surface area contributed by atoms with Crippen molar-refractivity contribution in [2.75, 3.05) is 37.0 Å². The number of ether oxygens (including phenoxy) is 1. The summed E-state index contributed by atoms with van der Waals surface area (Å²) >= 11 is 1.61. The van der Waals surface area contributed by atoms with Crippen LogP contribution in [0.25, 0.3) is 0 Å². The molecular formula is C16H19FN4O3S. The monoisotopic (exact) mass is 366 g/mol. The molecule has 9 heteroatoms. The zero-order chi connectivity index (χ0) is 17.8. The largest absolute Gasteiger partial charge is 0.497 e. The van der Waals surface area contributed by atoms with Crippen molar-refractivity contribution in [1.82, 2.24) is 4.98 Å². The molecule has 0 spiro atoms. The van der Waals surface area contributed by atoms with Crippen LogP contribution in [0.1, 0.15) is 18.5 Å². The number of hydrogen-bond donors (Lipinski definition) is 1. The van der Waals surface area contributed by atoms with Gasteiger partial charge in [0.1, 0.15) is 11.4 Å². The predicted octanol–water partition coefficient (Wildman–Crippen LogP) is 3.45. The van der Waals surface area contributed by atoms with E-state index in [1.807, 2.05) is 5.38 Å². The molecule has 3 rings (SSSR count). The van der Waals surface area contributed by atoms with Gasteiger partial charge in [-0.05, 0) is 12.8 Å². The molecule has 134 valence electrons. The lowest BCUT2D eigenvalue weighted by Crippen LogP contribution is -2.17. The van der Waals surface area contributed by atoms with E-state index < -0.39 is 16.4 Å². The lowest BCUT2D eigenvalue weighted by atomic mass is 10.2. The molecule has 1 aromatic heterocycles. The van der Waals surface area contributed by atoms with E-state index in [-0.39, 0.29) is 11.4 Å². The maximum absolute atomic E-state index is 13.9. The molecule has 25 heavy (non-hydrogen) atoms. The lowest BCUT2D eigenvalue weighted by molar-refractivity contribution is -0.386. The summed E-state index contributed by atoms with van der Waals surface area (Å²) < 4.78 is 18.9. The topological polar surface area (TPSA) is 80.5 Å². The van der Waals surface area contributed by atoms with Crippen LogP contribution in [0.3, 0.4) is 0 Å². The number of benzene rings is 1. The van der Waals surface area contributed by atoms with Gasteiger partial charge in [0.05, 0.1) is 17.7 Å². The minimum atomic E-state index is -0.920. The molecule has 1 fully saturated rings. The van der Waals surface area contributed by atoms with Crippen LogP contribution in [-0.4, -0.2) is 36.7 Å². The first-order valence-electron chi connectivity index (χ1n) is 8.03. The highest BCUT2D eigenvalue weighted by Crippen LogP contribution is 2.32. The molecule has 1 N–H and O–H groups in total. The van der Waals surface area contributed by atoms with Crippen molar-refractivity contribution in [2.24, 2.45) is 0 Å². The summed E-state index contributed by atoms with van der Waals surface area (Å²) in [5.74, 6) is -0.688. The first-order chi connectivity index (χ1) is 12.1. The van der Waals surface area contributed by atoms with Gasteiger partial charge in [-0.3, -0.25) is 10.1 Å². The van der Waals surface area contributed by atoms with Gasteiger partial charge in [0, 0.05) is 43.6 Å². The Labute approximate surface area is 148 Å². The molecular weight excluding hydrogens is 347 g/mol. The van der Waals surface area contributed by atoms with Crippen LogP contribution in [0.4, 0.5) is 20.9 Å². The van der Waals surface area contributed by atoms with Gasteiger partial charge in [-0.1, -0.05) is 0 Å². The molecule has 0 aliphatic carbocycles. The highest BCUT2D eigenvalue weighted by molar-refractivity contribution is 7.13. The van der Waals surface area contributed by atoms with Crippen LogP contribution in [-0.2, 0) is 6.42 Å². The first-order valence-corrected chi connectivity index (χ1v) is 8.91. The summed E-state index contributed by atoms with van der Waals surface area (Å²) in [5, 5.41) is 17.0. The fourth-order valence-electron chi connectivity index (χ4n) is 2.80. The van der Waals surface area contributed by atoms with Gasteiger partial charge in [-0.15, -0.1) is 11.3 Å². The van der Waals surface area contributed by atoms with Crippen molar-refractivity contribution in [2.45, 2.75) is 19.3 Å². The number of rotatable bonds is 7. The standard InChI is InChI=1S/C16H19FN4O3S/c1-24-12-8-13(17)15(21(22)23)14(9-12)18-5-4-11-10-25-16(19-11)20-6-2-3-7-20/h8-10,18H,2-7H2,1H3. The molecule has 0 amide bonds. The summed E-state index contributed by atoms with van der Waals surface area (Å²) in [6.07, 6.45) is 2.99. The van der Waals surface area contributed by atoms with Crippen LogP contribution in [0.5, 0.6) is 5.75 Å². The zero-order valence-corrected chi connectivity index (χ0v) is 14.6. The summed E-state index contributed by atoms with van der Waals surface area (Å²) in [6.45, 7) is 2.50. The van der Waals surface area contributed by atoms with Crippen LogP contribution < -0.4 is 15.0 Å². The van der Waals surface area contributed by atoms with E-state index in [1.54, 1.807) is 11.3 Å². The van der Waals surface area contributed by atoms with Crippen LogP contribution >= 0.6 is 11.3 Å². The molecule has 0 bridgehead atoms. The van der Waals surface area contributed by atoms with Crippen molar-refractivity contribution in [3.05, 3.63) is 39.1 Å². The quantitative estimate of drug-likeness (QED) is 0.597. The average Bonchev–Trinajstić information content (AvgIpc) is 3.25. The maximum atomic E-state index is 13.9. The smallest absolute Gasteiger partial charge is 0.327 e. The summed E-state index contributed by atoms with van der Waals surface area (Å²) in [7, 11) is 1.39. The number of nitrogens with one attached hydrogen (secondary N) is 1. The second-order valence-corrected chi connectivity index (χ2v) is 6.59. The minimum Gasteiger partial charge on any atom is -0.497 e. The Morgan fingerprint density at radius 3 is 2.88 bits per heavy atom. The number of methoxy groups -OCH3 is 1. The Kier molecular flexibility index (Phi) is 5.32. The van der Waals surface area contributed by atoms with Crippen molar-refractivity contribution in [1.29, 1.82) is 0 Å². The Bertz CT molecular complexity index is 762. The van der Waals surface area contributed by atoms with E-state index in [0.29, 0.717) is 13.0 Å². The third-order valence-corrected chi connectivity index (χ3v) is 5.02. The van der Waals surface area contributed by atoms with E-state index in [4.69, 9.17) is 4.74 Å². The number of nitro benzene ring substituents is 1. The number of halogens is 1. The molecule has 2 heterocycles.